The van der Waals surface area contributed by atoms with E-state index in [1.165, 1.54) is 38.2 Å². The van der Waals surface area contributed by atoms with Crippen LogP contribution in [-0.2, 0) is 91.3 Å². The van der Waals surface area contributed by atoms with Crippen molar-refractivity contribution in [2.75, 3.05) is 47.1 Å². The lowest BCUT2D eigenvalue weighted by Crippen LogP contribution is -2.32. The van der Waals surface area contributed by atoms with Gasteiger partial charge in [-0.15, -0.1) is 0 Å². The van der Waals surface area contributed by atoms with Gasteiger partial charge in [0.1, 0.15) is 11.5 Å². The number of benzene rings is 13. The van der Waals surface area contributed by atoms with Gasteiger partial charge in [0, 0.05) is 137 Å². The summed E-state index contributed by atoms with van der Waals surface area (Å²) >= 11 is 0. The molecule has 0 saturated carbocycles. The normalized spacial score (nSPS) is 13.5. The Morgan fingerprint density at radius 2 is 0.636 bits per heavy atom. The number of carbonyl (C=O) groups is 3. The van der Waals surface area contributed by atoms with E-state index in [1.54, 1.807) is 14.2 Å². The summed E-state index contributed by atoms with van der Waals surface area (Å²) in [6, 6.07) is 93.2. The van der Waals surface area contributed by atoms with E-state index in [2.05, 4.69) is 193 Å². The van der Waals surface area contributed by atoms with Crippen molar-refractivity contribution >= 4 is 82.4 Å². The number of aliphatic hydroxyl groups is 2. The maximum atomic E-state index is 13.8. The monoisotopic (exact) mass is 1560 g/mol. The molecule has 13 aromatic carbocycles. The van der Waals surface area contributed by atoms with Gasteiger partial charge in [0.2, 0.25) is 0 Å². The van der Waals surface area contributed by atoms with Gasteiger partial charge in [-0.25, -0.2) is 4.68 Å². The lowest BCUT2D eigenvalue weighted by molar-refractivity contribution is 0.0934. The van der Waals surface area contributed by atoms with Crippen LogP contribution in [0.5, 0.6) is 11.5 Å². The number of ether oxygens (including phenoxy) is 2. The zero-order valence-corrected chi connectivity index (χ0v) is 66.4. The third-order valence-electron chi connectivity index (χ3n) is 23.2. The molecular weight excluding hydrogens is 1470 g/mol. The van der Waals surface area contributed by atoms with Gasteiger partial charge in [0.15, 0.2) is 17.1 Å². The number of rotatable bonds is 22. The highest BCUT2D eigenvalue weighted by Crippen LogP contribution is 2.36. The van der Waals surface area contributed by atoms with E-state index in [-0.39, 0.29) is 30.9 Å². The molecule has 19 heteroatoms. The molecule has 0 radical (unpaired) electrons. The van der Waals surface area contributed by atoms with Gasteiger partial charge in [-0.2, -0.15) is 15.3 Å². The molecule has 3 aliphatic heterocycles. The molecule has 118 heavy (non-hydrogen) atoms. The molecular formula is C99H94N12O7. The number of nitrogens with one attached hydrogen (secondary N) is 3. The lowest BCUT2D eigenvalue weighted by atomic mass is 10.0. The van der Waals surface area contributed by atoms with E-state index in [4.69, 9.17) is 14.6 Å². The number of aliphatic hydroxyl groups excluding tert-OH is 2. The van der Waals surface area contributed by atoms with Gasteiger partial charge in [-0.3, -0.25) is 38.4 Å². The Morgan fingerprint density at radius 3 is 1.02 bits per heavy atom. The minimum Gasteiger partial charge on any atom is -0.496 e. The maximum Gasteiger partial charge on any atom is 0.272 e. The summed E-state index contributed by atoms with van der Waals surface area (Å²) in [5.41, 5.74) is 15.5. The third kappa shape index (κ3) is 16.4. The molecule has 3 aliphatic rings. The van der Waals surface area contributed by atoms with Crippen LogP contribution in [0.15, 0.2) is 273 Å². The van der Waals surface area contributed by atoms with Gasteiger partial charge >= 0.3 is 0 Å². The van der Waals surface area contributed by atoms with E-state index < -0.39 is 0 Å². The van der Waals surface area contributed by atoms with Crippen molar-refractivity contribution in [2.45, 2.75) is 91.3 Å². The van der Waals surface area contributed by atoms with E-state index >= 15 is 0 Å². The van der Waals surface area contributed by atoms with E-state index in [9.17, 15) is 24.6 Å². The van der Waals surface area contributed by atoms with Crippen molar-refractivity contribution in [3.63, 3.8) is 0 Å². The highest BCUT2D eigenvalue weighted by Gasteiger charge is 2.33. The van der Waals surface area contributed by atoms with Gasteiger partial charge < -0.3 is 35.6 Å². The van der Waals surface area contributed by atoms with E-state index in [0.29, 0.717) is 69.4 Å². The predicted octanol–water partition coefficient (Wildman–Crippen LogP) is 16.0. The second-order valence-corrected chi connectivity index (χ2v) is 30.4. The number of amides is 3. The van der Waals surface area contributed by atoms with Gasteiger partial charge in [-0.05, 0) is 112 Å². The van der Waals surface area contributed by atoms with Crippen LogP contribution in [0.1, 0.15) is 98.6 Å². The summed E-state index contributed by atoms with van der Waals surface area (Å²) in [6.45, 7) is 8.90. The summed E-state index contributed by atoms with van der Waals surface area (Å²) in [5, 5.41) is 56.8. The molecule has 6 heterocycles. The summed E-state index contributed by atoms with van der Waals surface area (Å²) in [4.78, 5) is 47.8. The van der Waals surface area contributed by atoms with Crippen LogP contribution < -0.4 is 25.4 Å². The number of aromatic nitrogens is 6. The van der Waals surface area contributed by atoms with E-state index in [0.717, 1.165) is 169 Å². The lowest BCUT2D eigenvalue weighted by Gasteiger charge is -2.28. The minimum atomic E-state index is -0.187. The van der Waals surface area contributed by atoms with Crippen LogP contribution in [0.2, 0.25) is 0 Å². The molecule has 3 amide bonds. The van der Waals surface area contributed by atoms with Crippen molar-refractivity contribution in [3.05, 3.63) is 357 Å². The van der Waals surface area contributed by atoms with Crippen molar-refractivity contribution in [2.24, 2.45) is 0 Å². The first-order valence-corrected chi connectivity index (χ1v) is 40.6. The molecule has 16 aromatic rings. The fraction of sp³-hybridized carbons (Fsp3) is 0.212. The van der Waals surface area contributed by atoms with Crippen LogP contribution in [0.3, 0.4) is 0 Å². The second kappa shape index (κ2) is 35.5. The molecule has 3 aromatic heterocycles. The SMILES string of the molecule is COc1ccc(CN2CCc3c(c(C(=O)NCc4cccc5ccccc45)nn3-c3ccccc3)C2)c2ccccc12.COc1ccc(CN2CCc3c(c(C(=O)NCc4cccc5ccccc45)nn3CCO)C2)c2ccccc12.O=C(NCc1cccc2ccccc12)c1nn(CCO)c2c1CN(Cc1cccc3ccccc13)CC2. The number of carbonyl (C=O) groups excluding carboxylic acids is 3. The Bertz CT molecular complexity index is 6350. The first kappa shape index (κ1) is 77.4. The van der Waals surface area contributed by atoms with Crippen molar-refractivity contribution < 1.29 is 34.1 Å². The van der Waals surface area contributed by atoms with Crippen molar-refractivity contribution in [1.29, 1.82) is 0 Å². The first-order chi connectivity index (χ1) is 58.1. The molecule has 0 bridgehead atoms. The topological polar surface area (TPSA) is 209 Å². The number of hydrogen-bond donors (Lipinski definition) is 5. The van der Waals surface area contributed by atoms with Crippen molar-refractivity contribution in [1.82, 2.24) is 60.0 Å². The number of fused-ring (bicyclic) bond motifs is 9. The first-order valence-electron chi connectivity index (χ1n) is 40.6. The van der Waals surface area contributed by atoms with Crippen LogP contribution in [0, 0.1) is 0 Å². The van der Waals surface area contributed by atoms with Crippen LogP contribution >= 0.6 is 0 Å². The van der Waals surface area contributed by atoms with Crippen LogP contribution in [0.25, 0.3) is 70.3 Å². The Balaban J connectivity index is 0.000000127. The summed E-state index contributed by atoms with van der Waals surface area (Å²) < 4.78 is 16.8. The van der Waals surface area contributed by atoms with Crippen LogP contribution in [0.4, 0.5) is 0 Å². The molecule has 0 unspecified atom stereocenters. The Hall–Kier alpha value is -13.1. The zero-order chi connectivity index (χ0) is 80.4. The Labute approximate surface area is 685 Å². The number of methoxy groups -OCH3 is 2. The largest absolute Gasteiger partial charge is 0.496 e. The summed E-state index contributed by atoms with van der Waals surface area (Å²) in [7, 11) is 3.41. The highest BCUT2D eigenvalue weighted by molar-refractivity contribution is 5.98. The van der Waals surface area contributed by atoms with Crippen LogP contribution in [-0.4, -0.2) is 119 Å². The smallest absolute Gasteiger partial charge is 0.272 e. The predicted molar refractivity (Wildman–Crippen MR) is 466 cm³/mol. The Kier molecular flexibility index (Phi) is 23.3. The highest BCUT2D eigenvalue weighted by atomic mass is 16.5. The summed E-state index contributed by atoms with van der Waals surface area (Å²) in [5.74, 6) is 1.24. The molecule has 19 nitrogen and oxygen atoms in total. The van der Waals surface area contributed by atoms with Gasteiger partial charge in [-0.1, -0.05) is 249 Å². The van der Waals surface area contributed by atoms with Gasteiger partial charge in [0.05, 0.1) is 51.9 Å². The molecule has 0 atom stereocenters. The number of nitrogens with zero attached hydrogens (tertiary/aromatic N) is 9. The number of para-hydroxylation sites is 1. The fourth-order valence-corrected chi connectivity index (χ4v) is 17.4. The molecule has 592 valence electrons. The minimum absolute atomic E-state index is 0.00903. The standard InChI is InChI=1S/C36H32N4O2.C32H32N4O3.C31H30N4O2/c1-42-34-19-18-27(30-16-7-8-17-31(30)34)23-39-21-20-33-32(24-39)35(38-40(33)28-13-3-2-4-14-28)36(41)37-22-26-12-9-11-25-10-5-6-15-29(25)26;1-39-30-14-13-24(26-11-4-5-12-27(26)30)20-35-16-15-29-28(21-35)31(34-36(29)17-18-37)32(38)33-19-23-9-6-8-22-7-2-3-10-25(22)23;36-18-17-35-29-15-16-34(20-25-12-6-10-23-8-2-4-14-27(23)25)21-28(29)30(33-35)31(37)32-19-24-11-5-9-22-7-1-3-13-26(22)24/h2-19H,20-24H2,1H3,(H,37,41);2-14,37H,15-21H2,1H3,(H,33,38);1-14,36H,15-21H2,(H,32,37). The third-order valence-corrected chi connectivity index (χ3v) is 23.2. The quantitative estimate of drug-likeness (QED) is 0.0428. The molecule has 0 aliphatic carbocycles. The Morgan fingerprint density at radius 1 is 0.331 bits per heavy atom. The average molecular weight is 1560 g/mol. The summed E-state index contributed by atoms with van der Waals surface area (Å²) in [6.07, 6.45) is 2.37. The molecule has 0 spiro atoms. The molecule has 0 saturated heterocycles. The van der Waals surface area contributed by atoms with Gasteiger partial charge in [0.25, 0.3) is 17.7 Å². The van der Waals surface area contributed by atoms with E-state index in [1.807, 2.05) is 135 Å². The fourth-order valence-electron chi connectivity index (χ4n) is 17.4. The molecule has 19 rings (SSSR count). The zero-order valence-electron chi connectivity index (χ0n) is 66.4. The number of hydrogen-bond acceptors (Lipinski definition) is 13. The average Bonchev–Trinajstić information content (AvgIpc) is 1.62. The maximum absolute atomic E-state index is 13.8. The van der Waals surface area contributed by atoms with Crippen molar-refractivity contribution in [3.8, 4) is 17.2 Å². The molecule has 0 fully saturated rings. The second-order valence-electron chi connectivity index (χ2n) is 30.4. The molecule has 5 N–H and O–H groups in total.